The van der Waals surface area contributed by atoms with E-state index in [1.165, 1.54) is 13.2 Å². The largest absolute Gasteiger partial charge is 0.486 e. The number of hydrogen-bond acceptors (Lipinski definition) is 4. The number of carbonyl (C=O) groups excluding carboxylic acids is 1. The van der Waals surface area contributed by atoms with Crippen molar-refractivity contribution < 1.29 is 18.7 Å². The Morgan fingerprint density at radius 3 is 2.56 bits per heavy atom. The summed E-state index contributed by atoms with van der Waals surface area (Å²) in [5.41, 5.74) is 2.37. The molecule has 2 aromatic carbocycles. The monoisotopic (exact) mass is 411 g/mol. The third-order valence-electron chi connectivity index (χ3n) is 4.55. The quantitative estimate of drug-likeness (QED) is 0.649. The van der Waals surface area contributed by atoms with E-state index in [9.17, 15) is 9.18 Å². The molecule has 0 saturated carbocycles. The molecule has 1 aliphatic rings. The summed E-state index contributed by atoms with van der Waals surface area (Å²) in [5.74, 6) is -0.467. The Morgan fingerprint density at radius 2 is 1.93 bits per heavy atom. The molecule has 0 bridgehead atoms. The van der Waals surface area contributed by atoms with E-state index in [2.05, 4.69) is 4.90 Å². The van der Waals surface area contributed by atoms with Crippen LogP contribution in [0.25, 0.3) is 0 Å². The van der Waals surface area contributed by atoms with Crippen LogP contribution < -0.4 is 4.74 Å². The second kappa shape index (κ2) is 8.46. The van der Waals surface area contributed by atoms with Crippen LogP contribution in [0.3, 0.4) is 0 Å². The zero-order valence-corrected chi connectivity index (χ0v) is 16.6. The van der Waals surface area contributed by atoms with Gasteiger partial charge in [0, 0.05) is 19.6 Å². The van der Waals surface area contributed by atoms with E-state index in [4.69, 9.17) is 32.7 Å². The molecule has 4 nitrogen and oxygen atoms in total. The Balaban J connectivity index is 1.61. The fourth-order valence-electron chi connectivity index (χ4n) is 3.13. The van der Waals surface area contributed by atoms with Crippen molar-refractivity contribution >= 4 is 29.2 Å². The first-order valence-corrected chi connectivity index (χ1v) is 9.29. The van der Waals surface area contributed by atoms with Gasteiger partial charge in [-0.15, -0.1) is 0 Å². The third-order valence-corrected chi connectivity index (χ3v) is 5.29. The highest BCUT2D eigenvalue weighted by Crippen LogP contribution is 2.28. The maximum absolute atomic E-state index is 14.5. The number of carbonyl (C=O) groups is 1. The van der Waals surface area contributed by atoms with Gasteiger partial charge in [0.2, 0.25) is 0 Å². The highest BCUT2D eigenvalue weighted by molar-refractivity contribution is 6.42. The van der Waals surface area contributed by atoms with Crippen LogP contribution in [0, 0.1) is 18.7 Å². The minimum Gasteiger partial charge on any atom is -0.486 e. The molecule has 3 rings (SSSR count). The van der Waals surface area contributed by atoms with Crippen molar-refractivity contribution in [2.45, 2.75) is 20.1 Å². The van der Waals surface area contributed by atoms with E-state index in [-0.39, 0.29) is 24.2 Å². The number of aryl methyl sites for hydroxylation is 1. The molecule has 1 fully saturated rings. The zero-order chi connectivity index (χ0) is 19.6. The van der Waals surface area contributed by atoms with Gasteiger partial charge in [-0.1, -0.05) is 35.3 Å². The van der Waals surface area contributed by atoms with Gasteiger partial charge >= 0.3 is 5.97 Å². The van der Waals surface area contributed by atoms with Gasteiger partial charge in [0.15, 0.2) is 11.6 Å². The third kappa shape index (κ3) is 4.72. The average molecular weight is 412 g/mol. The van der Waals surface area contributed by atoms with E-state index in [0.29, 0.717) is 29.7 Å². The molecule has 0 unspecified atom stereocenters. The molecule has 7 heteroatoms. The van der Waals surface area contributed by atoms with Crippen LogP contribution in [-0.4, -0.2) is 31.1 Å². The molecular formula is C20H20Cl2FNO3. The zero-order valence-electron chi connectivity index (χ0n) is 15.1. The van der Waals surface area contributed by atoms with E-state index >= 15 is 0 Å². The summed E-state index contributed by atoms with van der Waals surface area (Å²) >= 11 is 11.9. The summed E-state index contributed by atoms with van der Waals surface area (Å²) in [6, 6.07) is 8.55. The van der Waals surface area contributed by atoms with Gasteiger partial charge in [0.25, 0.3) is 0 Å². The number of ether oxygens (including phenoxy) is 2. The Morgan fingerprint density at radius 1 is 1.19 bits per heavy atom. The predicted octanol–water partition coefficient (Wildman–Crippen LogP) is 4.62. The lowest BCUT2D eigenvalue weighted by molar-refractivity contribution is -0.151. The number of esters is 1. The summed E-state index contributed by atoms with van der Waals surface area (Å²) in [4.78, 5) is 13.5. The number of benzene rings is 2. The topological polar surface area (TPSA) is 38.8 Å². The first-order chi connectivity index (χ1) is 12.9. The van der Waals surface area contributed by atoms with Gasteiger partial charge < -0.3 is 9.47 Å². The summed E-state index contributed by atoms with van der Waals surface area (Å²) in [5, 5.41) is 0.901. The van der Waals surface area contributed by atoms with Crippen molar-refractivity contribution in [1.29, 1.82) is 0 Å². The number of hydrogen-bond donors (Lipinski definition) is 0. The maximum Gasteiger partial charge on any atom is 0.311 e. The van der Waals surface area contributed by atoms with Crippen LogP contribution in [0.1, 0.15) is 16.7 Å². The van der Waals surface area contributed by atoms with Gasteiger partial charge in [-0.25, -0.2) is 4.39 Å². The fraction of sp³-hybridized carbons (Fsp3) is 0.350. The van der Waals surface area contributed by atoms with Crippen molar-refractivity contribution in [3.05, 3.63) is 62.9 Å². The highest BCUT2D eigenvalue weighted by Gasteiger charge is 2.33. The van der Waals surface area contributed by atoms with E-state index < -0.39 is 5.82 Å². The molecular weight excluding hydrogens is 392 g/mol. The summed E-state index contributed by atoms with van der Waals surface area (Å²) in [6.07, 6.45) is 0. The van der Waals surface area contributed by atoms with Gasteiger partial charge in [-0.3, -0.25) is 9.69 Å². The van der Waals surface area contributed by atoms with Crippen molar-refractivity contribution in [2.24, 2.45) is 5.92 Å². The smallest absolute Gasteiger partial charge is 0.311 e. The van der Waals surface area contributed by atoms with Crippen LogP contribution in [0.2, 0.25) is 10.0 Å². The lowest BCUT2D eigenvalue weighted by Gasteiger charge is -2.37. The molecule has 1 aliphatic heterocycles. The van der Waals surface area contributed by atoms with Gasteiger partial charge in [0.1, 0.15) is 6.61 Å². The number of likely N-dealkylation sites (tertiary alicyclic amines) is 1. The molecule has 27 heavy (non-hydrogen) atoms. The number of nitrogens with zero attached hydrogens (tertiary/aromatic N) is 1. The maximum atomic E-state index is 14.5. The first-order valence-electron chi connectivity index (χ1n) is 8.53. The van der Waals surface area contributed by atoms with Crippen molar-refractivity contribution in [3.63, 3.8) is 0 Å². The van der Waals surface area contributed by atoms with Gasteiger partial charge in [-0.05, 0) is 41.8 Å². The lowest BCUT2D eigenvalue weighted by Crippen LogP contribution is -2.49. The van der Waals surface area contributed by atoms with Crippen LogP contribution in [0.4, 0.5) is 4.39 Å². The summed E-state index contributed by atoms with van der Waals surface area (Å²) in [7, 11) is 1.39. The molecule has 0 atom stereocenters. The number of rotatable bonds is 6. The molecule has 0 spiro atoms. The average Bonchev–Trinajstić information content (AvgIpc) is 2.59. The van der Waals surface area contributed by atoms with Crippen molar-refractivity contribution in [2.75, 3.05) is 20.2 Å². The molecule has 0 radical (unpaired) electrons. The van der Waals surface area contributed by atoms with Crippen molar-refractivity contribution in [3.8, 4) is 5.75 Å². The molecule has 0 amide bonds. The number of methoxy groups -OCH3 is 1. The molecule has 0 N–H and O–H groups in total. The number of halogens is 3. The van der Waals surface area contributed by atoms with Gasteiger partial charge in [-0.2, -0.15) is 0 Å². The van der Waals surface area contributed by atoms with Gasteiger partial charge in [0.05, 0.1) is 23.1 Å². The summed E-state index contributed by atoms with van der Waals surface area (Å²) < 4.78 is 24.9. The molecule has 1 saturated heterocycles. The van der Waals surface area contributed by atoms with Crippen molar-refractivity contribution in [1.82, 2.24) is 4.90 Å². The lowest BCUT2D eigenvalue weighted by atomic mass is 9.99. The second-order valence-corrected chi connectivity index (χ2v) is 7.49. The second-order valence-electron chi connectivity index (χ2n) is 6.67. The van der Waals surface area contributed by atoms with Crippen LogP contribution in [-0.2, 0) is 22.7 Å². The predicted molar refractivity (Wildman–Crippen MR) is 103 cm³/mol. The molecule has 2 aromatic rings. The van der Waals surface area contributed by atoms with Crippen LogP contribution >= 0.6 is 23.2 Å². The molecule has 1 heterocycles. The van der Waals surface area contributed by atoms with E-state index in [1.54, 1.807) is 18.2 Å². The van der Waals surface area contributed by atoms with Crippen LogP contribution in [0.5, 0.6) is 5.75 Å². The van der Waals surface area contributed by atoms with E-state index in [0.717, 1.165) is 16.7 Å². The Kier molecular flexibility index (Phi) is 6.25. The Bertz CT molecular complexity index is 830. The SMILES string of the molecule is COC(=O)C1CN(Cc2cc(C)c(OCc3ccc(Cl)c(Cl)c3)c(F)c2)C1. The van der Waals surface area contributed by atoms with Crippen LogP contribution in [0.15, 0.2) is 30.3 Å². The normalized spacial score (nSPS) is 14.7. The Hall–Kier alpha value is -1.82. The minimum absolute atomic E-state index is 0.0882. The van der Waals surface area contributed by atoms with E-state index in [1.807, 2.05) is 13.0 Å². The summed E-state index contributed by atoms with van der Waals surface area (Å²) in [6.45, 7) is 3.84. The highest BCUT2D eigenvalue weighted by atomic mass is 35.5. The fourth-order valence-corrected chi connectivity index (χ4v) is 3.45. The molecule has 0 aliphatic carbocycles. The standard InChI is InChI=1S/C20H20Cl2FNO3/c1-12-5-14(8-24-9-15(10-24)20(25)26-2)7-18(23)19(12)27-11-13-3-4-16(21)17(22)6-13/h3-7,15H,8-11H2,1-2H3. The first kappa shape index (κ1) is 19.9. The molecule has 0 aromatic heterocycles. The Labute approximate surface area is 167 Å². The molecule has 144 valence electrons. The minimum atomic E-state index is -0.407.